The zero-order valence-electron chi connectivity index (χ0n) is 14.5. The topological polar surface area (TPSA) is 82.8 Å². The third-order valence-corrected chi connectivity index (χ3v) is 4.41. The summed E-state index contributed by atoms with van der Waals surface area (Å²) in [5.41, 5.74) is 0.235. The molecule has 0 radical (unpaired) electrons. The molecule has 1 aliphatic heterocycles. The quantitative estimate of drug-likeness (QED) is 0.794. The number of carbonyl (C=O) groups excluding carboxylic acids is 1. The number of hydrogen-bond donors (Lipinski definition) is 1. The Balaban J connectivity index is 1.52. The maximum absolute atomic E-state index is 12.2. The van der Waals surface area contributed by atoms with Crippen molar-refractivity contribution in [1.82, 2.24) is 10.5 Å². The highest BCUT2D eigenvalue weighted by atomic mass is 35.5. The molecular weight excluding hydrogens is 360 g/mol. The molecule has 0 aliphatic carbocycles. The Hall–Kier alpha value is -2.25. The average molecular weight is 381 g/mol. The number of benzene rings is 1. The second-order valence-electron chi connectivity index (χ2n) is 6.03. The molecule has 0 atom stereocenters. The number of carbonyl (C=O) groups is 1. The summed E-state index contributed by atoms with van der Waals surface area (Å²) >= 11 is 5.92. The number of methoxy groups -OCH3 is 1. The van der Waals surface area contributed by atoms with E-state index < -0.39 is 0 Å². The highest BCUT2D eigenvalue weighted by Crippen LogP contribution is 2.30. The first-order valence-corrected chi connectivity index (χ1v) is 8.81. The van der Waals surface area contributed by atoms with Gasteiger partial charge in [-0.3, -0.25) is 4.79 Å². The summed E-state index contributed by atoms with van der Waals surface area (Å²) in [6.45, 7) is 2.24. The van der Waals surface area contributed by atoms with Crippen LogP contribution in [0.5, 0.6) is 11.5 Å². The van der Waals surface area contributed by atoms with Crippen LogP contribution >= 0.6 is 11.6 Å². The second kappa shape index (κ2) is 8.91. The Morgan fingerprint density at radius 3 is 2.88 bits per heavy atom. The predicted molar refractivity (Wildman–Crippen MR) is 94.7 cm³/mol. The van der Waals surface area contributed by atoms with Gasteiger partial charge in [0.05, 0.1) is 7.11 Å². The first-order chi connectivity index (χ1) is 12.7. The van der Waals surface area contributed by atoms with Crippen LogP contribution in [0.25, 0.3) is 0 Å². The Labute approximate surface area is 156 Å². The van der Waals surface area contributed by atoms with Crippen LogP contribution in [0.1, 0.15) is 29.1 Å². The molecule has 2 heterocycles. The zero-order valence-corrected chi connectivity index (χ0v) is 15.3. The van der Waals surface area contributed by atoms with E-state index >= 15 is 0 Å². The largest absolute Gasteiger partial charge is 0.493 e. The van der Waals surface area contributed by atoms with Crippen molar-refractivity contribution in [3.8, 4) is 11.5 Å². The number of amides is 1. The van der Waals surface area contributed by atoms with Gasteiger partial charge in [-0.2, -0.15) is 0 Å². The van der Waals surface area contributed by atoms with E-state index in [1.54, 1.807) is 24.3 Å². The van der Waals surface area contributed by atoms with Gasteiger partial charge in [-0.05, 0) is 30.9 Å². The Kier molecular flexibility index (Phi) is 6.35. The number of nitrogens with one attached hydrogen (secondary N) is 1. The van der Waals surface area contributed by atoms with E-state index in [9.17, 15) is 4.79 Å². The molecule has 8 heteroatoms. The van der Waals surface area contributed by atoms with Gasteiger partial charge in [0.1, 0.15) is 6.61 Å². The lowest BCUT2D eigenvalue weighted by molar-refractivity contribution is 0.0641. The molecule has 7 nitrogen and oxygen atoms in total. The molecule has 3 rings (SSSR count). The van der Waals surface area contributed by atoms with E-state index in [1.165, 1.54) is 7.11 Å². The summed E-state index contributed by atoms with van der Waals surface area (Å²) in [6.07, 6.45) is 1.92. The molecule has 1 N–H and O–H groups in total. The first-order valence-electron chi connectivity index (χ1n) is 8.43. The molecular formula is C18H21ClN2O5. The SMILES string of the molecule is COc1cc(Cl)ccc1OCc1cc(C(=O)NCC2CCOCC2)no1. The number of halogens is 1. The molecule has 1 aromatic carbocycles. The third kappa shape index (κ3) is 4.89. The standard InChI is InChI=1S/C18H21ClN2O5/c1-23-17-8-13(19)2-3-16(17)25-11-14-9-15(21-26-14)18(22)20-10-12-4-6-24-7-5-12/h2-3,8-9,12H,4-7,10-11H2,1H3,(H,20,22). The lowest BCUT2D eigenvalue weighted by Crippen LogP contribution is -2.32. The summed E-state index contributed by atoms with van der Waals surface area (Å²) in [6, 6.07) is 6.64. The fourth-order valence-electron chi connectivity index (χ4n) is 2.68. The Bertz CT molecular complexity index is 743. The van der Waals surface area contributed by atoms with Crippen LogP contribution in [-0.4, -0.2) is 37.9 Å². The van der Waals surface area contributed by atoms with E-state index in [1.807, 2.05) is 0 Å². The van der Waals surface area contributed by atoms with E-state index in [0.29, 0.717) is 34.7 Å². The lowest BCUT2D eigenvalue weighted by Gasteiger charge is -2.21. The molecule has 140 valence electrons. The van der Waals surface area contributed by atoms with Gasteiger partial charge >= 0.3 is 0 Å². The van der Waals surface area contributed by atoms with Gasteiger partial charge in [0.2, 0.25) is 0 Å². The van der Waals surface area contributed by atoms with Crippen LogP contribution in [0.4, 0.5) is 0 Å². The van der Waals surface area contributed by atoms with E-state index in [4.69, 9.17) is 30.3 Å². The van der Waals surface area contributed by atoms with Crippen molar-refractivity contribution in [2.75, 3.05) is 26.9 Å². The predicted octanol–water partition coefficient (Wildman–Crippen LogP) is 3.07. The van der Waals surface area contributed by atoms with Crippen molar-refractivity contribution in [2.45, 2.75) is 19.4 Å². The molecule has 0 saturated carbocycles. The van der Waals surface area contributed by atoms with Crippen molar-refractivity contribution < 1.29 is 23.5 Å². The zero-order chi connectivity index (χ0) is 18.4. The number of hydrogen-bond acceptors (Lipinski definition) is 6. The molecule has 1 saturated heterocycles. The molecule has 26 heavy (non-hydrogen) atoms. The Morgan fingerprint density at radius 2 is 2.12 bits per heavy atom. The smallest absolute Gasteiger partial charge is 0.273 e. The number of rotatable bonds is 7. The fourth-order valence-corrected chi connectivity index (χ4v) is 2.84. The first kappa shape index (κ1) is 18.5. The molecule has 1 aromatic heterocycles. The maximum Gasteiger partial charge on any atom is 0.273 e. The molecule has 0 spiro atoms. The van der Waals surface area contributed by atoms with Gasteiger partial charge in [-0.1, -0.05) is 16.8 Å². The molecule has 0 bridgehead atoms. The minimum atomic E-state index is -0.254. The van der Waals surface area contributed by atoms with Crippen molar-refractivity contribution in [1.29, 1.82) is 0 Å². The normalized spacial score (nSPS) is 14.8. The fraction of sp³-hybridized carbons (Fsp3) is 0.444. The number of ether oxygens (including phenoxy) is 3. The second-order valence-corrected chi connectivity index (χ2v) is 6.46. The van der Waals surface area contributed by atoms with E-state index in [0.717, 1.165) is 26.1 Å². The summed E-state index contributed by atoms with van der Waals surface area (Å²) in [5, 5.41) is 7.25. The van der Waals surface area contributed by atoms with Gasteiger partial charge in [0.15, 0.2) is 23.0 Å². The lowest BCUT2D eigenvalue weighted by atomic mass is 10.0. The van der Waals surface area contributed by atoms with Gasteiger partial charge in [-0.15, -0.1) is 0 Å². The Morgan fingerprint density at radius 1 is 1.31 bits per heavy atom. The van der Waals surface area contributed by atoms with Crippen LogP contribution in [0, 0.1) is 5.92 Å². The van der Waals surface area contributed by atoms with Crippen molar-refractivity contribution >= 4 is 17.5 Å². The van der Waals surface area contributed by atoms with Gasteiger partial charge in [-0.25, -0.2) is 0 Å². The van der Waals surface area contributed by atoms with Gasteiger partial charge < -0.3 is 24.1 Å². The van der Waals surface area contributed by atoms with E-state index in [2.05, 4.69) is 10.5 Å². The van der Waals surface area contributed by atoms with Crippen LogP contribution in [-0.2, 0) is 11.3 Å². The minimum Gasteiger partial charge on any atom is -0.493 e. The average Bonchev–Trinajstić information content (AvgIpc) is 3.15. The van der Waals surface area contributed by atoms with Crippen LogP contribution in [0.2, 0.25) is 5.02 Å². The molecule has 2 aromatic rings. The summed E-state index contributed by atoms with van der Waals surface area (Å²) in [4.78, 5) is 12.2. The van der Waals surface area contributed by atoms with Crippen molar-refractivity contribution in [3.05, 3.63) is 40.7 Å². The highest BCUT2D eigenvalue weighted by Gasteiger charge is 2.17. The third-order valence-electron chi connectivity index (χ3n) is 4.18. The monoisotopic (exact) mass is 380 g/mol. The van der Waals surface area contributed by atoms with Crippen molar-refractivity contribution in [3.63, 3.8) is 0 Å². The van der Waals surface area contributed by atoms with Gasteiger partial charge in [0.25, 0.3) is 5.91 Å². The number of aromatic nitrogens is 1. The number of nitrogens with zero attached hydrogens (tertiary/aromatic N) is 1. The van der Waals surface area contributed by atoms with Gasteiger partial charge in [0, 0.05) is 36.9 Å². The van der Waals surface area contributed by atoms with E-state index in [-0.39, 0.29) is 18.2 Å². The highest BCUT2D eigenvalue weighted by molar-refractivity contribution is 6.30. The molecule has 1 aliphatic rings. The molecule has 0 unspecified atom stereocenters. The minimum absolute atomic E-state index is 0.123. The van der Waals surface area contributed by atoms with Crippen LogP contribution in [0.15, 0.2) is 28.8 Å². The van der Waals surface area contributed by atoms with Crippen LogP contribution in [0.3, 0.4) is 0 Å². The van der Waals surface area contributed by atoms with Crippen molar-refractivity contribution in [2.24, 2.45) is 5.92 Å². The summed E-state index contributed by atoms with van der Waals surface area (Å²) in [7, 11) is 1.54. The summed E-state index contributed by atoms with van der Waals surface area (Å²) in [5.74, 6) is 1.68. The maximum atomic E-state index is 12.2. The summed E-state index contributed by atoms with van der Waals surface area (Å²) < 4.78 is 21.4. The van der Waals surface area contributed by atoms with Crippen LogP contribution < -0.4 is 14.8 Å². The molecule has 1 amide bonds. The molecule has 1 fully saturated rings.